The Morgan fingerprint density at radius 1 is 1.40 bits per heavy atom. The first kappa shape index (κ1) is 15.1. The number of nitrogens with one attached hydrogen (secondary N) is 1. The standard InChI is InChI=1S/C14H21ClN4O/c1-4-18-8-11(3)19(9-10(18)2)14(20)17-12-5-6-13(15)16-7-12/h5-7,10-11H,4,8-9H2,1-3H3,(H,17,20). The fraction of sp³-hybridized carbons (Fsp3) is 0.571. The molecule has 1 N–H and O–H groups in total. The summed E-state index contributed by atoms with van der Waals surface area (Å²) >= 11 is 5.73. The largest absolute Gasteiger partial charge is 0.322 e. The van der Waals surface area contributed by atoms with E-state index in [0.717, 1.165) is 19.6 Å². The summed E-state index contributed by atoms with van der Waals surface area (Å²) in [7, 11) is 0. The molecule has 1 aliphatic rings. The van der Waals surface area contributed by atoms with Gasteiger partial charge in [-0.15, -0.1) is 0 Å². The Morgan fingerprint density at radius 2 is 2.15 bits per heavy atom. The number of piperazine rings is 1. The fourth-order valence-electron chi connectivity index (χ4n) is 2.57. The Balaban J connectivity index is 2.00. The molecule has 20 heavy (non-hydrogen) atoms. The quantitative estimate of drug-likeness (QED) is 0.854. The number of aromatic nitrogens is 1. The number of rotatable bonds is 2. The molecule has 2 unspecified atom stereocenters. The summed E-state index contributed by atoms with van der Waals surface area (Å²) in [6, 6.07) is 3.92. The van der Waals surface area contributed by atoms with Crippen LogP contribution in [0, 0.1) is 0 Å². The predicted molar refractivity (Wildman–Crippen MR) is 81.1 cm³/mol. The third-order valence-corrected chi connectivity index (χ3v) is 3.98. The zero-order valence-electron chi connectivity index (χ0n) is 12.1. The van der Waals surface area contributed by atoms with Crippen LogP contribution in [0.25, 0.3) is 0 Å². The topological polar surface area (TPSA) is 48.5 Å². The van der Waals surface area contributed by atoms with Crippen LogP contribution in [0.2, 0.25) is 5.15 Å². The number of halogens is 1. The zero-order chi connectivity index (χ0) is 14.7. The third-order valence-electron chi connectivity index (χ3n) is 3.76. The molecule has 0 spiro atoms. The summed E-state index contributed by atoms with van der Waals surface area (Å²) in [6.07, 6.45) is 1.57. The number of carbonyl (C=O) groups is 1. The second-order valence-corrected chi connectivity index (χ2v) is 5.62. The Morgan fingerprint density at radius 3 is 2.75 bits per heavy atom. The highest BCUT2D eigenvalue weighted by atomic mass is 35.5. The van der Waals surface area contributed by atoms with Crippen molar-refractivity contribution in [2.45, 2.75) is 32.9 Å². The van der Waals surface area contributed by atoms with Gasteiger partial charge >= 0.3 is 6.03 Å². The molecule has 0 bridgehead atoms. The van der Waals surface area contributed by atoms with Gasteiger partial charge in [-0.3, -0.25) is 4.90 Å². The third kappa shape index (κ3) is 3.41. The van der Waals surface area contributed by atoms with Crippen LogP contribution in [0.4, 0.5) is 10.5 Å². The first-order valence-corrected chi connectivity index (χ1v) is 7.32. The summed E-state index contributed by atoms with van der Waals surface area (Å²) in [6.45, 7) is 9.04. The van der Waals surface area contributed by atoms with Crippen LogP contribution < -0.4 is 5.32 Å². The van der Waals surface area contributed by atoms with Crippen LogP contribution in [0.1, 0.15) is 20.8 Å². The Bertz CT molecular complexity index is 465. The predicted octanol–water partition coefficient (Wildman–Crippen LogP) is 2.68. The summed E-state index contributed by atoms with van der Waals surface area (Å²) in [4.78, 5) is 20.6. The Hall–Kier alpha value is -1.33. The van der Waals surface area contributed by atoms with Crippen LogP contribution in [-0.2, 0) is 0 Å². The number of pyridine rings is 1. The molecule has 0 saturated carbocycles. The molecule has 1 aliphatic heterocycles. The van der Waals surface area contributed by atoms with E-state index in [1.54, 1.807) is 18.3 Å². The molecule has 2 amide bonds. The molecule has 0 aromatic carbocycles. The van der Waals surface area contributed by atoms with Crippen molar-refractivity contribution in [3.05, 3.63) is 23.5 Å². The average molecular weight is 297 g/mol. The lowest BCUT2D eigenvalue weighted by Crippen LogP contribution is -2.58. The van der Waals surface area contributed by atoms with Gasteiger partial charge in [0.05, 0.1) is 11.9 Å². The highest BCUT2D eigenvalue weighted by molar-refractivity contribution is 6.29. The lowest BCUT2D eigenvalue weighted by molar-refractivity contribution is 0.0720. The van der Waals surface area contributed by atoms with Gasteiger partial charge in [0.25, 0.3) is 0 Å². The van der Waals surface area contributed by atoms with Crippen molar-refractivity contribution >= 4 is 23.3 Å². The van der Waals surface area contributed by atoms with Crippen LogP contribution in [0.5, 0.6) is 0 Å². The van der Waals surface area contributed by atoms with E-state index in [0.29, 0.717) is 16.9 Å². The van der Waals surface area contributed by atoms with E-state index in [-0.39, 0.29) is 12.1 Å². The number of nitrogens with zero attached hydrogens (tertiary/aromatic N) is 3. The van der Waals surface area contributed by atoms with E-state index in [1.165, 1.54) is 0 Å². The van der Waals surface area contributed by atoms with Crippen molar-refractivity contribution in [1.82, 2.24) is 14.8 Å². The van der Waals surface area contributed by atoms with E-state index in [2.05, 4.69) is 36.0 Å². The van der Waals surface area contributed by atoms with Crippen molar-refractivity contribution in [3.63, 3.8) is 0 Å². The first-order chi connectivity index (χ1) is 9.51. The molecule has 1 aromatic heterocycles. The summed E-state index contributed by atoms with van der Waals surface area (Å²) in [5, 5.41) is 3.29. The number of amides is 2. The smallest absolute Gasteiger partial charge is 0.319 e. The van der Waals surface area contributed by atoms with E-state index in [1.807, 2.05) is 4.90 Å². The van der Waals surface area contributed by atoms with E-state index in [4.69, 9.17) is 11.6 Å². The lowest BCUT2D eigenvalue weighted by Gasteiger charge is -2.43. The minimum Gasteiger partial charge on any atom is -0.319 e. The summed E-state index contributed by atoms with van der Waals surface area (Å²) < 4.78 is 0. The maximum absolute atomic E-state index is 12.3. The van der Waals surface area contributed by atoms with E-state index >= 15 is 0 Å². The van der Waals surface area contributed by atoms with Crippen molar-refractivity contribution in [1.29, 1.82) is 0 Å². The molecule has 1 saturated heterocycles. The van der Waals surface area contributed by atoms with Gasteiger partial charge in [-0.2, -0.15) is 0 Å². The first-order valence-electron chi connectivity index (χ1n) is 6.94. The van der Waals surface area contributed by atoms with Crippen molar-refractivity contribution in [3.8, 4) is 0 Å². The molecule has 0 radical (unpaired) electrons. The number of anilines is 1. The second-order valence-electron chi connectivity index (χ2n) is 5.24. The van der Waals surface area contributed by atoms with Crippen molar-refractivity contribution < 1.29 is 4.79 Å². The van der Waals surface area contributed by atoms with Crippen LogP contribution in [0.15, 0.2) is 18.3 Å². The van der Waals surface area contributed by atoms with Crippen molar-refractivity contribution in [2.75, 3.05) is 25.0 Å². The highest BCUT2D eigenvalue weighted by Crippen LogP contribution is 2.17. The lowest BCUT2D eigenvalue weighted by atomic mass is 10.1. The molecule has 2 heterocycles. The van der Waals surface area contributed by atoms with Gasteiger partial charge in [-0.25, -0.2) is 9.78 Å². The molecule has 0 aliphatic carbocycles. The number of carbonyl (C=O) groups excluding carboxylic acids is 1. The fourth-order valence-corrected chi connectivity index (χ4v) is 2.68. The monoisotopic (exact) mass is 296 g/mol. The second kappa shape index (κ2) is 6.41. The minimum absolute atomic E-state index is 0.0794. The molecule has 6 heteroatoms. The SMILES string of the molecule is CCN1CC(C)N(C(=O)Nc2ccc(Cl)nc2)CC1C. The van der Waals surface area contributed by atoms with Gasteiger partial charge < -0.3 is 10.2 Å². The molecule has 5 nitrogen and oxygen atoms in total. The molecular formula is C14H21ClN4O. The highest BCUT2D eigenvalue weighted by Gasteiger charge is 2.31. The summed E-state index contributed by atoms with van der Waals surface area (Å²) in [5.41, 5.74) is 0.664. The van der Waals surface area contributed by atoms with Crippen molar-refractivity contribution in [2.24, 2.45) is 0 Å². The number of urea groups is 1. The van der Waals surface area contributed by atoms with Crippen LogP contribution in [0.3, 0.4) is 0 Å². The molecule has 110 valence electrons. The van der Waals surface area contributed by atoms with Gasteiger partial charge in [-0.1, -0.05) is 18.5 Å². The van der Waals surface area contributed by atoms with E-state index < -0.39 is 0 Å². The Kier molecular flexibility index (Phi) is 4.83. The van der Waals surface area contributed by atoms with Gasteiger partial charge in [0, 0.05) is 25.2 Å². The Labute approximate surface area is 124 Å². The van der Waals surface area contributed by atoms with Gasteiger partial charge in [0.2, 0.25) is 0 Å². The minimum atomic E-state index is -0.0794. The molecule has 2 atom stereocenters. The summed E-state index contributed by atoms with van der Waals surface area (Å²) in [5.74, 6) is 0. The molecule has 2 rings (SSSR count). The maximum Gasteiger partial charge on any atom is 0.322 e. The van der Waals surface area contributed by atoms with Gasteiger partial charge in [0.1, 0.15) is 5.15 Å². The average Bonchev–Trinajstić information content (AvgIpc) is 2.43. The zero-order valence-corrected chi connectivity index (χ0v) is 12.9. The molecular weight excluding hydrogens is 276 g/mol. The number of likely N-dealkylation sites (N-methyl/N-ethyl adjacent to an activating group) is 1. The number of hydrogen-bond acceptors (Lipinski definition) is 3. The number of hydrogen-bond donors (Lipinski definition) is 1. The van der Waals surface area contributed by atoms with Crippen LogP contribution in [-0.4, -0.2) is 52.5 Å². The van der Waals surface area contributed by atoms with Gasteiger partial charge in [-0.05, 0) is 32.5 Å². The van der Waals surface area contributed by atoms with E-state index in [9.17, 15) is 4.79 Å². The van der Waals surface area contributed by atoms with Crippen LogP contribution >= 0.6 is 11.6 Å². The van der Waals surface area contributed by atoms with Gasteiger partial charge in [0.15, 0.2) is 0 Å². The molecule has 1 fully saturated rings. The normalized spacial score (nSPS) is 23.7. The maximum atomic E-state index is 12.3. The molecule has 1 aromatic rings.